The number of hydrogen-bond acceptors (Lipinski definition) is 2. The number of halogens is 2. The maximum atomic E-state index is 12.9. The molecule has 0 unspecified atom stereocenters. The van der Waals surface area contributed by atoms with Crippen molar-refractivity contribution >= 4 is 27.5 Å². The van der Waals surface area contributed by atoms with E-state index >= 15 is 0 Å². The van der Waals surface area contributed by atoms with Crippen molar-refractivity contribution in [2.45, 2.75) is 19.8 Å². The van der Waals surface area contributed by atoms with Crippen LogP contribution in [0.2, 0.25) is 0 Å². The first-order valence-electron chi connectivity index (χ1n) is 4.48. The van der Waals surface area contributed by atoms with Crippen LogP contribution in [0.4, 0.5) is 4.39 Å². The Balaban J connectivity index is 2.74. The van der Waals surface area contributed by atoms with Gasteiger partial charge in [0, 0.05) is 18.4 Å². The molecule has 0 aliphatic rings. The van der Waals surface area contributed by atoms with Gasteiger partial charge in [0.1, 0.15) is 11.6 Å². The van der Waals surface area contributed by atoms with Crippen molar-refractivity contribution in [2.24, 2.45) is 0 Å². The predicted molar refractivity (Wildman–Crippen MR) is 58.3 cm³/mol. The van der Waals surface area contributed by atoms with Crippen molar-refractivity contribution in [3.8, 4) is 0 Å². The Morgan fingerprint density at radius 1 is 1.33 bits per heavy atom. The fourth-order valence-corrected chi connectivity index (χ4v) is 1.48. The third-order valence-electron chi connectivity index (χ3n) is 1.95. The molecule has 0 aliphatic heterocycles. The standard InChI is InChI=1S/C11H10BrFO2/c1-7(14)2-5-11(15)8-3-4-10(13)9(12)6-8/h3-4,6H,2,5H2,1H3. The van der Waals surface area contributed by atoms with Gasteiger partial charge in [0.2, 0.25) is 0 Å². The normalized spacial score (nSPS) is 10.1. The molecule has 0 atom stereocenters. The first-order valence-corrected chi connectivity index (χ1v) is 5.27. The molecule has 80 valence electrons. The molecule has 0 radical (unpaired) electrons. The second kappa shape index (κ2) is 5.16. The highest BCUT2D eigenvalue weighted by Crippen LogP contribution is 2.18. The number of benzene rings is 1. The second-order valence-electron chi connectivity index (χ2n) is 3.25. The van der Waals surface area contributed by atoms with E-state index in [4.69, 9.17) is 0 Å². The van der Waals surface area contributed by atoms with Crippen molar-refractivity contribution in [3.05, 3.63) is 34.1 Å². The Morgan fingerprint density at radius 3 is 2.53 bits per heavy atom. The van der Waals surface area contributed by atoms with Crippen molar-refractivity contribution in [1.82, 2.24) is 0 Å². The van der Waals surface area contributed by atoms with E-state index < -0.39 is 5.82 Å². The van der Waals surface area contributed by atoms with Gasteiger partial charge in [0.25, 0.3) is 0 Å². The van der Waals surface area contributed by atoms with Gasteiger partial charge in [0.05, 0.1) is 4.47 Å². The summed E-state index contributed by atoms with van der Waals surface area (Å²) in [6.45, 7) is 1.44. The number of carbonyl (C=O) groups is 2. The molecule has 0 aromatic heterocycles. The Morgan fingerprint density at radius 2 is 2.00 bits per heavy atom. The van der Waals surface area contributed by atoms with Gasteiger partial charge < -0.3 is 4.79 Å². The minimum Gasteiger partial charge on any atom is -0.300 e. The summed E-state index contributed by atoms with van der Waals surface area (Å²) in [6, 6.07) is 4.07. The maximum absolute atomic E-state index is 12.9. The molecule has 2 nitrogen and oxygen atoms in total. The molecule has 15 heavy (non-hydrogen) atoms. The van der Waals surface area contributed by atoms with Gasteiger partial charge in [-0.25, -0.2) is 4.39 Å². The van der Waals surface area contributed by atoms with Gasteiger partial charge in [-0.1, -0.05) is 0 Å². The van der Waals surface area contributed by atoms with Gasteiger partial charge in [-0.15, -0.1) is 0 Å². The topological polar surface area (TPSA) is 34.1 Å². The lowest BCUT2D eigenvalue weighted by Gasteiger charge is -2.01. The van der Waals surface area contributed by atoms with E-state index in [9.17, 15) is 14.0 Å². The minimum atomic E-state index is -0.405. The lowest BCUT2D eigenvalue weighted by atomic mass is 10.1. The zero-order valence-electron chi connectivity index (χ0n) is 8.22. The average Bonchev–Trinajstić information content (AvgIpc) is 2.18. The number of Topliss-reactive ketones (excluding diaryl/α,β-unsaturated/α-hetero) is 2. The zero-order valence-corrected chi connectivity index (χ0v) is 9.80. The summed E-state index contributed by atoms with van der Waals surface area (Å²) in [6.07, 6.45) is 0.404. The quantitative estimate of drug-likeness (QED) is 0.790. The van der Waals surface area contributed by atoms with Crippen LogP contribution in [-0.4, -0.2) is 11.6 Å². The molecule has 0 heterocycles. The van der Waals surface area contributed by atoms with E-state index in [-0.39, 0.29) is 28.9 Å². The van der Waals surface area contributed by atoms with Crippen LogP contribution in [0.15, 0.2) is 22.7 Å². The van der Waals surface area contributed by atoms with E-state index in [0.29, 0.717) is 5.56 Å². The number of rotatable bonds is 4. The Bertz CT molecular complexity index is 402. The molecule has 1 aromatic carbocycles. The molecular weight excluding hydrogens is 263 g/mol. The molecule has 0 aliphatic carbocycles. The van der Waals surface area contributed by atoms with Crippen molar-refractivity contribution < 1.29 is 14.0 Å². The van der Waals surface area contributed by atoms with Crippen LogP contribution >= 0.6 is 15.9 Å². The van der Waals surface area contributed by atoms with Crippen LogP contribution in [0, 0.1) is 5.82 Å². The van der Waals surface area contributed by atoms with Gasteiger partial charge >= 0.3 is 0 Å². The summed E-state index contributed by atoms with van der Waals surface area (Å²) in [5, 5.41) is 0. The summed E-state index contributed by atoms with van der Waals surface area (Å²) in [5.41, 5.74) is 0.421. The van der Waals surface area contributed by atoms with Crippen molar-refractivity contribution in [1.29, 1.82) is 0 Å². The van der Waals surface area contributed by atoms with Crippen molar-refractivity contribution in [3.63, 3.8) is 0 Å². The zero-order chi connectivity index (χ0) is 11.4. The first-order chi connectivity index (χ1) is 7.00. The van der Waals surface area contributed by atoms with Crippen molar-refractivity contribution in [2.75, 3.05) is 0 Å². The Kier molecular flexibility index (Phi) is 4.15. The van der Waals surface area contributed by atoms with Crippen LogP contribution in [0.3, 0.4) is 0 Å². The largest absolute Gasteiger partial charge is 0.300 e. The minimum absolute atomic E-state index is 0.0236. The molecule has 0 saturated heterocycles. The van der Waals surface area contributed by atoms with Crippen LogP contribution in [0.1, 0.15) is 30.1 Å². The van der Waals surface area contributed by atoms with Gasteiger partial charge in [-0.05, 0) is 41.1 Å². The van der Waals surface area contributed by atoms with E-state index in [1.165, 1.54) is 25.1 Å². The Hall–Kier alpha value is -1.03. The summed E-state index contributed by atoms with van der Waals surface area (Å²) in [4.78, 5) is 22.2. The summed E-state index contributed by atoms with van der Waals surface area (Å²) < 4.78 is 13.1. The second-order valence-corrected chi connectivity index (χ2v) is 4.11. The molecule has 0 bridgehead atoms. The SMILES string of the molecule is CC(=O)CCC(=O)c1ccc(F)c(Br)c1. The molecule has 0 saturated carbocycles. The Labute approximate surface area is 95.6 Å². The molecular formula is C11H10BrFO2. The summed E-state index contributed by atoms with van der Waals surface area (Å²) in [5.74, 6) is -0.575. The average molecular weight is 273 g/mol. The maximum Gasteiger partial charge on any atom is 0.163 e. The molecule has 1 aromatic rings. The molecule has 0 N–H and O–H groups in total. The van der Waals surface area contributed by atoms with Gasteiger partial charge in [0.15, 0.2) is 5.78 Å². The highest BCUT2D eigenvalue weighted by Gasteiger charge is 2.09. The van der Waals surface area contributed by atoms with Gasteiger partial charge in [-0.3, -0.25) is 4.79 Å². The first kappa shape index (κ1) is 12.0. The number of ketones is 2. The van der Waals surface area contributed by atoms with Crippen LogP contribution in [0.25, 0.3) is 0 Å². The third kappa shape index (κ3) is 3.55. The highest BCUT2D eigenvalue weighted by molar-refractivity contribution is 9.10. The highest BCUT2D eigenvalue weighted by atomic mass is 79.9. The summed E-state index contributed by atoms with van der Waals surface area (Å²) >= 11 is 3.00. The molecule has 1 rings (SSSR count). The van der Waals surface area contributed by atoms with Crippen LogP contribution in [-0.2, 0) is 4.79 Å². The lowest BCUT2D eigenvalue weighted by molar-refractivity contribution is -0.116. The molecule has 0 fully saturated rings. The third-order valence-corrected chi connectivity index (χ3v) is 2.55. The fraction of sp³-hybridized carbons (Fsp3) is 0.273. The van der Waals surface area contributed by atoms with Crippen LogP contribution < -0.4 is 0 Å². The van der Waals surface area contributed by atoms with E-state index in [2.05, 4.69) is 15.9 Å². The lowest BCUT2D eigenvalue weighted by Crippen LogP contribution is -2.02. The fourth-order valence-electron chi connectivity index (χ4n) is 1.10. The monoisotopic (exact) mass is 272 g/mol. The molecule has 4 heteroatoms. The number of hydrogen-bond donors (Lipinski definition) is 0. The van der Waals surface area contributed by atoms with E-state index in [1.54, 1.807) is 0 Å². The summed E-state index contributed by atoms with van der Waals surface area (Å²) in [7, 11) is 0. The smallest absolute Gasteiger partial charge is 0.163 e. The van der Waals surface area contributed by atoms with E-state index in [0.717, 1.165) is 0 Å². The predicted octanol–water partition coefficient (Wildman–Crippen LogP) is 3.14. The van der Waals surface area contributed by atoms with Crippen LogP contribution in [0.5, 0.6) is 0 Å². The molecule has 0 amide bonds. The molecule has 0 spiro atoms. The van der Waals surface area contributed by atoms with E-state index in [1.807, 2.05) is 0 Å². The van der Waals surface area contributed by atoms with Gasteiger partial charge in [-0.2, -0.15) is 0 Å². The number of carbonyl (C=O) groups excluding carboxylic acids is 2.